The Hall–Kier alpha value is 0.270. The maximum Gasteiger partial charge on any atom is 0.00940 e. The van der Waals surface area contributed by atoms with E-state index in [1.807, 2.05) is 0 Å². The second kappa shape index (κ2) is 9.23. The Kier molecular flexibility index (Phi) is 8.33. The van der Waals surface area contributed by atoms with Gasteiger partial charge in [0, 0.05) is 12.1 Å². The van der Waals surface area contributed by atoms with Crippen LogP contribution in [0.2, 0.25) is 0 Å². The zero-order valence-electron chi connectivity index (χ0n) is 11.9. The third-order valence-electron chi connectivity index (χ3n) is 3.63. The molecule has 17 heavy (non-hydrogen) atoms. The molecule has 1 heterocycles. The van der Waals surface area contributed by atoms with Crippen molar-refractivity contribution in [2.45, 2.75) is 58.5 Å². The molecule has 1 aliphatic heterocycles. The third kappa shape index (κ3) is 6.12. The fourth-order valence-electron chi connectivity index (χ4n) is 2.60. The van der Waals surface area contributed by atoms with Crippen molar-refractivity contribution in [1.29, 1.82) is 0 Å². The van der Waals surface area contributed by atoms with Crippen molar-refractivity contribution in [2.75, 3.05) is 31.1 Å². The second-order valence-corrected chi connectivity index (χ2v) is 6.50. The van der Waals surface area contributed by atoms with E-state index in [0.717, 1.165) is 12.1 Å². The standard InChI is InChI=1S/C14H30N2S/c1-4-8-15-14-7-10-16(13(3)12-14)9-6-11-17-5-2/h13-15H,4-12H2,1-3H3. The minimum Gasteiger partial charge on any atom is -0.314 e. The van der Waals surface area contributed by atoms with Gasteiger partial charge in [-0.05, 0) is 63.7 Å². The number of nitrogens with one attached hydrogen (secondary N) is 1. The van der Waals surface area contributed by atoms with Gasteiger partial charge in [0.25, 0.3) is 0 Å². The molecule has 3 heteroatoms. The van der Waals surface area contributed by atoms with E-state index in [4.69, 9.17) is 0 Å². The third-order valence-corrected chi connectivity index (χ3v) is 4.62. The van der Waals surface area contributed by atoms with E-state index in [-0.39, 0.29) is 0 Å². The molecule has 1 fully saturated rings. The zero-order chi connectivity index (χ0) is 12.5. The minimum atomic E-state index is 0.768. The molecule has 1 aliphatic rings. The van der Waals surface area contributed by atoms with Crippen LogP contribution in [-0.4, -0.2) is 48.1 Å². The first-order chi connectivity index (χ1) is 8.27. The van der Waals surface area contributed by atoms with Crippen molar-refractivity contribution < 1.29 is 0 Å². The van der Waals surface area contributed by atoms with Crippen LogP contribution in [0.15, 0.2) is 0 Å². The molecule has 2 nitrogen and oxygen atoms in total. The highest BCUT2D eigenvalue weighted by Gasteiger charge is 2.24. The second-order valence-electron chi connectivity index (χ2n) is 5.11. The van der Waals surface area contributed by atoms with Gasteiger partial charge in [-0.3, -0.25) is 0 Å². The van der Waals surface area contributed by atoms with Gasteiger partial charge in [-0.2, -0.15) is 11.8 Å². The summed E-state index contributed by atoms with van der Waals surface area (Å²) in [7, 11) is 0. The average molecular weight is 258 g/mol. The van der Waals surface area contributed by atoms with Crippen LogP contribution < -0.4 is 5.32 Å². The quantitative estimate of drug-likeness (QED) is 0.674. The predicted molar refractivity (Wildman–Crippen MR) is 80.0 cm³/mol. The summed E-state index contributed by atoms with van der Waals surface area (Å²) in [5.41, 5.74) is 0. The molecule has 0 spiro atoms. The monoisotopic (exact) mass is 258 g/mol. The van der Waals surface area contributed by atoms with Crippen molar-refractivity contribution in [1.82, 2.24) is 10.2 Å². The lowest BCUT2D eigenvalue weighted by molar-refractivity contribution is 0.137. The lowest BCUT2D eigenvalue weighted by Crippen LogP contribution is -2.47. The molecule has 0 aromatic rings. The highest BCUT2D eigenvalue weighted by molar-refractivity contribution is 7.99. The van der Waals surface area contributed by atoms with Gasteiger partial charge in [0.2, 0.25) is 0 Å². The van der Waals surface area contributed by atoms with Gasteiger partial charge in [0.15, 0.2) is 0 Å². The largest absolute Gasteiger partial charge is 0.314 e. The topological polar surface area (TPSA) is 15.3 Å². The van der Waals surface area contributed by atoms with E-state index in [2.05, 4.69) is 42.7 Å². The summed E-state index contributed by atoms with van der Waals surface area (Å²) in [5.74, 6) is 2.59. The van der Waals surface area contributed by atoms with Gasteiger partial charge in [0.05, 0.1) is 0 Å². The van der Waals surface area contributed by atoms with Crippen molar-refractivity contribution in [3.05, 3.63) is 0 Å². The van der Waals surface area contributed by atoms with Crippen LogP contribution in [0.3, 0.4) is 0 Å². The summed E-state index contributed by atoms with van der Waals surface area (Å²) < 4.78 is 0. The van der Waals surface area contributed by atoms with E-state index in [0.29, 0.717) is 0 Å². The molecule has 0 amide bonds. The SMILES string of the molecule is CCCNC1CCN(CCCSCC)C(C)C1. The van der Waals surface area contributed by atoms with Crippen LogP contribution >= 0.6 is 11.8 Å². The smallest absolute Gasteiger partial charge is 0.00940 e. The van der Waals surface area contributed by atoms with E-state index >= 15 is 0 Å². The van der Waals surface area contributed by atoms with Crippen LogP contribution in [0, 0.1) is 0 Å². The molecule has 1 saturated heterocycles. The highest BCUT2D eigenvalue weighted by atomic mass is 32.2. The molecule has 1 N–H and O–H groups in total. The van der Waals surface area contributed by atoms with Crippen LogP contribution in [0.25, 0.3) is 0 Å². The van der Waals surface area contributed by atoms with Crippen LogP contribution in [0.5, 0.6) is 0 Å². The fraction of sp³-hybridized carbons (Fsp3) is 1.00. The average Bonchev–Trinajstić information content (AvgIpc) is 2.34. The Morgan fingerprint density at radius 3 is 2.82 bits per heavy atom. The Morgan fingerprint density at radius 2 is 2.18 bits per heavy atom. The number of nitrogens with zero attached hydrogens (tertiary/aromatic N) is 1. The van der Waals surface area contributed by atoms with Crippen LogP contribution in [0.4, 0.5) is 0 Å². The normalized spacial score (nSPS) is 26.3. The van der Waals surface area contributed by atoms with E-state index in [1.54, 1.807) is 0 Å². The molecular weight excluding hydrogens is 228 g/mol. The molecule has 0 aromatic carbocycles. The molecule has 102 valence electrons. The van der Waals surface area contributed by atoms with Crippen molar-refractivity contribution in [3.8, 4) is 0 Å². The summed E-state index contributed by atoms with van der Waals surface area (Å²) in [6.07, 6.45) is 5.28. The van der Waals surface area contributed by atoms with Gasteiger partial charge in [0.1, 0.15) is 0 Å². The first-order valence-corrected chi connectivity index (χ1v) is 8.48. The Bertz CT molecular complexity index is 187. The molecule has 0 saturated carbocycles. The zero-order valence-corrected chi connectivity index (χ0v) is 12.7. The van der Waals surface area contributed by atoms with Crippen LogP contribution in [0.1, 0.15) is 46.5 Å². The van der Waals surface area contributed by atoms with Crippen molar-refractivity contribution in [2.24, 2.45) is 0 Å². The first kappa shape index (κ1) is 15.3. The molecule has 0 aliphatic carbocycles. The summed E-state index contributed by atoms with van der Waals surface area (Å²) >= 11 is 2.07. The van der Waals surface area contributed by atoms with Crippen molar-refractivity contribution >= 4 is 11.8 Å². The van der Waals surface area contributed by atoms with E-state index in [1.165, 1.54) is 56.8 Å². The van der Waals surface area contributed by atoms with Crippen LogP contribution in [-0.2, 0) is 0 Å². The van der Waals surface area contributed by atoms with Gasteiger partial charge >= 0.3 is 0 Å². The number of hydrogen-bond acceptors (Lipinski definition) is 3. The molecule has 0 aromatic heterocycles. The Labute approximate surface area is 112 Å². The van der Waals surface area contributed by atoms with Gasteiger partial charge in [-0.25, -0.2) is 0 Å². The Balaban J connectivity index is 2.14. The molecule has 0 bridgehead atoms. The molecule has 0 radical (unpaired) electrons. The molecule has 2 atom stereocenters. The lowest BCUT2D eigenvalue weighted by Gasteiger charge is -2.38. The molecule has 1 rings (SSSR count). The summed E-state index contributed by atoms with van der Waals surface area (Å²) in [4.78, 5) is 2.68. The maximum atomic E-state index is 3.67. The van der Waals surface area contributed by atoms with Crippen molar-refractivity contribution in [3.63, 3.8) is 0 Å². The summed E-state index contributed by atoms with van der Waals surface area (Å²) in [6, 6.07) is 1.54. The summed E-state index contributed by atoms with van der Waals surface area (Å²) in [6.45, 7) is 10.7. The predicted octanol–water partition coefficient (Wildman–Crippen LogP) is 2.98. The Morgan fingerprint density at radius 1 is 1.35 bits per heavy atom. The highest BCUT2D eigenvalue weighted by Crippen LogP contribution is 2.18. The minimum absolute atomic E-state index is 0.768. The number of likely N-dealkylation sites (tertiary alicyclic amines) is 1. The summed E-state index contributed by atoms with van der Waals surface area (Å²) in [5, 5.41) is 3.67. The fourth-order valence-corrected chi connectivity index (χ4v) is 3.22. The lowest BCUT2D eigenvalue weighted by atomic mass is 9.98. The van der Waals surface area contributed by atoms with E-state index < -0.39 is 0 Å². The van der Waals surface area contributed by atoms with Gasteiger partial charge in [-0.1, -0.05) is 13.8 Å². The van der Waals surface area contributed by atoms with E-state index in [9.17, 15) is 0 Å². The van der Waals surface area contributed by atoms with Gasteiger partial charge in [-0.15, -0.1) is 0 Å². The number of hydrogen-bond donors (Lipinski definition) is 1. The first-order valence-electron chi connectivity index (χ1n) is 7.33. The number of piperidine rings is 1. The molecule has 2 unspecified atom stereocenters. The maximum absolute atomic E-state index is 3.67. The molecular formula is C14H30N2S. The van der Waals surface area contributed by atoms with Gasteiger partial charge < -0.3 is 10.2 Å². The number of thioether (sulfide) groups is 1. The number of rotatable bonds is 8.